The van der Waals surface area contributed by atoms with E-state index in [1.807, 2.05) is 84.9 Å². The summed E-state index contributed by atoms with van der Waals surface area (Å²) >= 11 is 0. The summed E-state index contributed by atoms with van der Waals surface area (Å²) in [5.74, 6) is -0.305. The Labute approximate surface area is 189 Å². The predicted molar refractivity (Wildman–Crippen MR) is 123 cm³/mol. The molecule has 0 radical (unpaired) electrons. The molecular weight excluding hydrogens is 416 g/mol. The van der Waals surface area contributed by atoms with E-state index in [4.69, 9.17) is 4.74 Å². The minimum Gasteiger partial charge on any atom is -0.333 e. The SMILES string of the molecule is O=C1c2cc([N+](=O)[O-])ccc2[C@@H]2OC(c3ccccc3)(c3ccccc3)c3ccccc3N12. The Balaban J connectivity index is 1.66. The number of hydrogen-bond acceptors (Lipinski definition) is 4. The highest BCUT2D eigenvalue weighted by atomic mass is 16.6. The molecule has 0 unspecified atom stereocenters. The number of carbonyl (C=O) groups excluding carboxylic acids is 1. The van der Waals surface area contributed by atoms with Crippen LogP contribution >= 0.6 is 0 Å². The Morgan fingerprint density at radius 3 is 2.06 bits per heavy atom. The molecule has 0 aromatic heterocycles. The van der Waals surface area contributed by atoms with Gasteiger partial charge in [0.25, 0.3) is 11.6 Å². The van der Waals surface area contributed by atoms with Crippen molar-refractivity contribution in [2.24, 2.45) is 0 Å². The average molecular weight is 434 g/mol. The molecule has 4 aromatic carbocycles. The van der Waals surface area contributed by atoms with Gasteiger partial charge in [-0.15, -0.1) is 0 Å². The maximum Gasteiger partial charge on any atom is 0.270 e. The van der Waals surface area contributed by atoms with Gasteiger partial charge in [0.1, 0.15) is 5.60 Å². The van der Waals surface area contributed by atoms with E-state index in [0.29, 0.717) is 11.1 Å². The summed E-state index contributed by atoms with van der Waals surface area (Å²) in [5.41, 5.74) is 3.27. The standard InChI is InChI=1S/C27H18N2O4/c30-25-22-17-20(29(31)32)15-16-21(22)26-28(25)24-14-8-7-13-23(24)27(33-26,18-9-3-1-4-10-18)19-11-5-2-6-12-19/h1-17,26H/t26-/m0/s1. The van der Waals surface area contributed by atoms with Crippen molar-refractivity contribution in [1.82, 2.24) is 0 Å². The quantitative estimate of drug-likeness (QED) is 0.312. The zero-order valence-electron chi connectivity index (χ0n) is 17.4. The second-order valence-corrected chi connectivity index (χ2v) is 8.10. The highest BCUT2D eigenvalue weighted by Crippen LogP contribution is 2.55. The number of benzene rings is 4. The van der Waals surface area contributed by atoms with E-state index >= 15 is 0 Å². The minimum absolute atomic E-state index is 0.118. The topological polar surface area (TPSA) is 72.7 Å². The van der Waals surface area contributed by atoms with Crippen LogP contribution < -0.4 is 4.90 Å². The summed E-state index contributed by atoms with van der Waals surface area (Å²) in [4.78, 5) is 25.9. The number of anilines is 1. The number of ether oxygens (including phenoxy) is 1. The third-order valence-electron chi connectivity index (χ3n) is 6.39. The molecule has 33 heavy (non-hydrogen) atoms. The van der Waals surface area contributed by atoms with E-state index in [9.17, 15) is 14.9 Å². The van der Waals surface area contributed by atoms with Crippen molar-refractivity contribution in [2.75, 3.05) is 4.90 Å². The number of para-hydroxylation sites is 1. The molecule has 0 saturated carbocycles. The average Bonchev–Trinajstić information content (AvgIpc) is 3.15. The van der Waals surface area contributed by atoms with Crippen LogP contribution in [0.5, 0.6) is 0 Å². The molecule has 160 valence electrons. The molecule has 0 bridgehead atoms. The fourth-order valence-corrected chi connectivity index (χ4v) is 4.96. The van der Waals surface area contributed by atoms with Gasteiger partial charge in [0.15, 0.2) is 6.23 Å². The third kappa shape index (κ3) is 2.68. The van der Waals surface area contributed by atoms with E-state index in [0.717, 1.165) is 22.4 Å². The molecule has 6 rings (SSSR count). The van der Waals surface area contributed by atoms with E-state index in [1.165, 1.54) is 12.1 Å². The Morgan fingerprint density at radius 2 is 1.42 bits per heavy atom. The number of carbonyl (C=O) groups is 1. The fourth-order valence-electron chi connectivity index (χ4n) is 4.96. The molecule has 1 amide bonds. The van der Waals surface area contributed by atoms with Crippen LogP contribution in [0.2, 0.25) is 0 Å². The van der Waals surface area contributed by atoms with Gasteiger partial charge in [0.2, 0.25) is 0 Å². The lowest BCUT2D eigenvalue weighted by Crippen LogP contribution is -2.45. The van der Waals surface area contributed by atoms with E-state index in [-0.39, 0.29) is 11.6 Å². The molecule has 0 aliphatic carbocycles. The van der Waals surface area contributed by atoms with Gasteiger partial charge in [-0.1, -0.05) is 78.9 Å². The molecule has 2 aliphatic rings. The summed E-state index contributed by atoms with van der Waals surface area (Å²) in [5, 5.41) is 11.3. The number of fused-ring (bicyclic) bond motifs is 5. The van der Waals surface area contributed by atoms with Gasteiger partial charge in [0, 0.05) is 23.3 Å². The first-order chi connectivity index (χ1) is 16.1. The smallest absolute Gasteiger partial charge is 0.270 e. The Morgan fingerprint density at radius 1 is 0.818 bits per heavy atom. The van der Waals surface area contributed by atoms with Gasteiger partial charge in [-0.05, 0) is 23.3 Å². The number of rotatable bonds is 3. The molecule has 6 nitrogen and oxygen atoms in total. The monoisotopic (exact) mass is 434 g/mol. The van der Waals surface area contributed by atoms with Gasteiger partial charge in [-0.3, -0.25) is 19.8 Å². The van der Waals surface area contributed by atoms with Crippen molar-refractivity contribution >= 4 is 17.3 Å². The van der Waals surface area contributed by atoms with E-state index < -0.39 is 16.8 Å². The maximum atomic E-state index is 13.5. The van der Waals surface area contributed by atoms with Crippen molar-refractivity contribution in [1.29, 1.82) is 0 Å². The highest BCUT2D eigenvalue weighted by molar-refractivity contribution is 6.12. The molecule has 0 spiro atoms. The van der Waals surface area contributed by atoms with Crippen LogP contribution in [-0.2, 0) is 10.3 Å². The first-order valence-corrected chi connectivity index (χ1v) is 10.6. The van der Waals surface area contributed by atoms with Gasteiger partial charge >= 0.3 is 0 Å². The molecular formula is C27H18N2O4. The second kappa shape index (κ2) is 7.12. The van der Waals surface area contributed by atoms with Crippen LogP contribution in [0.4, 0.5) is 11.4 Å². The normalized spacial score (nSPS) is 17.8. The number of non-ortho nitro benzene ring substituents is 1. The Kier molecular flexibility index (Phi) is 4.18. The first kappa shape index (κ1) is 19.4. The highest BCUT2D eigenvalue weighted by Gasteiger charge is 2.52. The number of amides is 1. The van der Waals surface area contributed by atoms with Crippen LogP contribution in [0.3, 0.4) is 0 Å². The van der Waals surface area contributed by atoms with Gasteiger partial charge in [-0.2, -0.15) is 0 Å². The van der Waals surface area contributed by atoms with Crippen molar-refractivity contribution in [3.05, 3.63) is 141 Å². The number of nitrogens with zero attached hydrogens (tertiary/aromatic N) is 2. The van der Waals surface area contributed by atoms with Gasteiger partial charge in [-0.25, -0.2) is 0 Å². The fraction of sp³-hybridized carbons (Fsp3) is 0.0741. The first-order valence-electron chi connectivity index (χ1n) is 10.6. The van der Waals surface area contributed by atoms with Crippen molar-refractivity contribution in [3.8, 4) is 0 Å². The van der Waals surface area contributed by atoms with Crippen LogP contribution in [0.15, 0.2) is 103 Å². The van der Waals surface area contributed by atoms with Crippen molar-refractivity contribution in [3.63, 3.8) is 0 Å². The predicted octanol–water partition coefficient (Wildman–Crippen LogP) is 5.58. The molecule has 2 aliphatic heterocycles. The largest absolute Gasteiger partial charge is 0.333 e. The van der Waals surface area contributed by atoms with Crippen LogP contribution in [-0.4, -0.2) is 10.8 Å². The summed E-state index contributed by atoms with van der Waals surface area (Å²) in [6.07, 6.45) is -0.719. The van der Waals surface area contributed by atoms with Gasteiger partial charge < -0.3 is 4.74 Å². The Hall–Kier alpha value is -4.29. The lowest BCUT2D eigenvalue weighted by Gasteiger charge is -2.46. The van der Waals surface area contributed by atoms with Crippen LogP contribution in [0.1, 0.15) is 38.8 Å². The third-order valence-corrected chi connectivity index (χ3v) is 6.39. The molecule has 0 saturated heterocycles. The van der Waals surface area contributed by atoms with E-state index in [2.05, 4.69) is 0 Å². The number of nitro benzene ring substituents is 1. The van der Waals surface area contributed by atoms with Crippen LogP contribution in [0, 0.1) is 10.1 Å². The second-order valence-electron chi connectivity index (χ2n) is 8.10. The molecule has 6 heteroatoms. The Bertz CT molecular complexity index is 1360. The summed E-state index contributed by atoms with van der Waals surface area (Å²) in [7, 11) is 0. The number of hydrogen-bond donors (Lipinski definition) is 0. The van der Waals surface area contributed by atoms with Crippen molar-refractivity contribution in [2.45, 2.75) is 11.8 Å². The molecule has 0 fully saturated rings. The van der Waals surface area contributed by atoms with Crippen molar-refractivity contribution < 1.29 is 14.5 Å². The lowest BCUT2D eigenvalue weighted by atomic mass is 9.78. The summed E-state index contributed by atoms with van der Waals surface area (Å²) in [6, 6.07) is 32.0. The molecule has 4 aromatic rings. The molecule has 0 N–H and O–H groups in total. The maximum absolute atomic E-state index is 13.5. The van der Waals surface area contributed by atoms with Gasteiger partial charge in [0.05, 0.1) is 16.2 Å². The lowest BCUT2D eigenvalue weighted by molar-refractivity contribution is -0.384. The zero-order chi connectivity index (χ0) is 22.6. The minimum atomic E-state index is -0.968. The molecule has 2 heterocycles. The van der Waals surface area contributed by atoms with Crippen LogP contribution in [0.25, 0.3) is 0 Å². The summed E-state index contributed by atoms with van der Waals surface area (Å²) < 4.78 is 6.93. The summed E-state index contributed by atoms with van der Waals surface area (Å²) in [6.45, 7) is 0. The molecule has 1 atom stereocenters. The van der Waals surface area contributed by atoms with E-state index in [1.54, 1.807) is 11.0 Å². The number of nitro groups is 1. The zero-order valence-corrected chi connectivity index (χ0v) is 17.4.